The third kappa shape index (κ3) is 2.62. The number of nitrogens with zero attached hydrogens (tertiary/aromatic N) is 3. The van der Waals surface area contributed by atoms with Crippen LogP contribution in [0.3, 0.4) is 0 Å². The molecule has 6 nitrogen and oxygen atoms in total. The van der Waals surface area contributed by atoms with Gasteiger partial charge in [0.15, 0.2) is 5.03 Å². The van der Waals surface area contributed by atoms with Gasteiger partial charge in [-0.2, -0.15) is 8.42 Å². The number of imidazole rings is 1. The van der Waals surface area contributed by atoms with Crippen molar-refractivity contribution in [3.63, 3.8) is 0 Å². The maximum Gasteiger partial charge on any atom is 0.281 e. The summed E-state index contributed by atoms with van der Waals surface area (Å²) in [6.07, 6.45) is 4.21. The molecule has 0 aliphatic rings. The van der Waals surface area contributed by atoms with Gasteiger partial charge in [-0.3, -0.25) is 4.72 Å². The Labute approximate surface area is 110 Å². The molecule has 96 valence electrons. The van der Waals surface area contributed by atoms with Crippen LogP contribution in [0.15, 0.2) is 29.8 Å². The van der Waals surface area contributed by atoms with Gasteiger partial charge in [-0.1, -0.05) is 11.6 Å². The molecular formula is C10H11ClN4O2S. The summed E-state index contributed by atoms with van der Waals surface area (Å²) in [5.74, 6) is 0. The van der Waals surface area contributed by atoms with Gasteiger partial charge in [0.25, 0.3) is 10.0 Å². The van der Waals surface area contributed by atoms with E-state index >= 15 is 0 Å². The third-order valence-corrected chi connectivity index (χ3v) is 3.74. The fraction of sp³-hybridized carbons (Fsp3) is 0.200. The molecule has 0 fully saturated rings. The van der Waals surface area contributed by atoms with Crippen molar-refractivity contribution < 1.29 is 8.42 Å². The van der Waals surface area contributed by atoms with Crippen LogP contribution in [-0.4, -0.2) is 23.0 Å². The summed E-state index contributed by atoms with van der Waals surface area (Å²) in [4.78, 5) is 7.63. The van der Waals surface area contributed by atoms with Gasteiger partial charge in [0, 0.05) is 13.2 Å². The van der Waals surface area contributed by atoms with E-state index in [0.29, 0.717) is 16.4 Å². The molecule has 0 aromatic carbocycles. The van der Waals surface area contributed by atoms with E-state index in [1.165, 1.54) is 18.7 Å². The van der Waals surface area contributed by atoms with Crippen molar-refractivity contribution in [3.05, 3.63) is 35.5 Å². The second-order valence-electron chi connectivity index (χ2n) is 3.80. The van der Waals surface area contributed by atoms with E-state index in [2.05, 4.69) is 14.7 Å². The summed E-state index contributed by atoms with van der Waals surface area (Å²) < 4.78 is 28.0. The van der Waals surface area contributed by atoms with Crippen molar-refractivity contribution in [2.75, 3.05) is 4.72 Å². The molecule has 18 heavy (non-hydrogen) atoms. The minimum Gasteiger partial charge on any atom is -0.339 e. The fourth-order valence-corrected chi connectivity index (χ4v) is 2.66. The van der Waals surface area contributed by atoms with E-state index in [-0.39, 0.29) is 5.03 Å². The maximum absolute atomic E-state index is 12.0. The molecule has 0 aliphatic heterocycles. The number of rotatable bonds is 3. The van der Waals surface area contributed by atoms with Gasteiger partial charge < -0.3 is 4.57 Å². The predicted molar refractivity (Wildman–Crippen MR) is 68.0 cm³/mol. The molecule has 0 aliphatic carbocycles. The Morgan fingerprint density at radius 1 is 1.39 bits per heavy atom. The first kappa shape index (κ1) is 12.8. The zero-order valence-electron chi connectivity index (χ0n) is 9.75. The number of sulfonamides is 1. The van der Waals surface area contributed by atoms with E-state index < -0.39 is 10.0 Å². The fourth-order valence-electron chi connectivity index (χ4n) is 1.35. The average Bonchev–Trinajstić information content (AvgIpc) is 2.70. The standard InChI is InChI=1S/C10H11ClN4O2S/c1-7-3-9(11)12-4-8(7)14-18(16,17)10-5-15(2)6-13-10/h3-6,14H,1-2H3. The first-order valence-corrected chi connectivity index (χ1v) is 6.87. The number of aromatic nitrogens is 3. The highest BCUT2D eigenvalue weighted by Gasteiger charge is 2.18. The van der Waals surface area contributed by atoms with Crippen molar-refractivity contribution in [2.24, 2.45) is 7.05 Å². The van der Waals surface area contributed by atoms with E-state index in [1.54, 1.807) is 24.6 Å². The molecule has 1 N–H and O–H groups in total. The zero-order valence-corrected chi connectivity index (χ0v) is 11.3. The van der Waals surface area contributed by atoms with Crippen molar-refractivity contribution in [1.82, 2.24) is 14.5 Å². The summed E-state index contributed by atoms with van der Waals surface area (Å²) in [7, 11) is -2.00. The van der Waals surface area contributed by atoms with E-state index in [1.807, 2.05) is 0 Å². The van der Waals surface area contributed by atoms with Gasteiger partial charge in [-0.25, -0.2) is 9.97 Å². The van der Waals surface area contributed by atoms with E-state index in [0.717, 1.165) is 0 Å². The molecule has 0 unspecified atom stereocenters. The number of hydrogen-bond donors (Lipinski definition) is 1. The lowest BCUT2D eigenvalue weighted by Crippen LogP contribution is -2.14. The summed E-state index contributed by atoms with van der Waals surface area (Å²) in [6.45, 7) is 1.74. The normalized spacial score (nSPS) is 11.5. The van der Waals surface area contributed by atoms with Crippen molar-refractivity contribution >= 4 is 27.3 Å². The monoisotopic (exact) mass is 286 g/mol. The molecule has 2 aromatic heterocycles. The second kappa shape index (κ2) is 4.58. The van der Waals surface area contributed by atoms with Crippen LogP contribution in [0.25, 0.3) is 0 Å². The molecule has 0 spiro atoms. The van der Waals surface area contributed by atoms with Gasteiger partial charge in [-0.05, 0) is 18.6 Å². The van der Waals surface area contributed by atoms with Gasteiger partial charge in [0.1, 0.15) is 5.15 Å². The first-order valence-electron chi connectivity index (χ1n) is 5.01. The predicted octanol–water partition coefficient (Wildman–Crippen LogP) is 1.58. The van der Waals surface area contributed by atoms with E-state index in [4.69, 9.17) is 11.6 Å². The van der Waals surface area contributed by atoms with Crippen LogP contribution in [0, 0.1) is 6.92 Å². The molecule has 0 saturated carbocycles. The lowest BCUT2D eigenvalue weighted by Gasteiger charge is -2.08. The topological polar surface area (TPSA) is 76.9 Å². The summed E-state index contributed by atoms with van der Waals surface area (Å²) in [6, 6.07) is 1.58. The Balaban J connectivity index is 2.33. The Hall–Kier alpha value is -1.60. The smallest absolute Gasteiger partial charge is 0.281 e. The Morgan fingerprint density at radius 2 is 2.11 bits per heavy atom. The number of pyridine rings is 1. The third-order valence-electron chi connectivity index (χ3n) is 2.28. The maximum atomic E-state index is 12.0. The minimum absolute atomic E-state index is 0.0423. The lowest BCUT2D eigenvalue weighted by molar-refractivity contribution is 0.598. The van der Waals surface area contributed by atoms with E-state index in [9.17, 15) is 8.42 Å². The van der Waals surface area contributed by atoms with Gasteiger partial charge in [-0.15, -0.1) is 0 Å². The molecule has 2 aromatic rings. The highest BCUT2D eigenvalue weighted by atomic mass is 35.5. The number of nitrogens with one attached hydrogen (secondary N) is 1. The number of halogens is 1. The molecule has 2 rings (SSSR count). The molecule has 8 heteroatoms. The molecule has 0 saturated heterocycles. The second-order valence-corrected chi connectivity index (χ2v) is 5.82. The van der Waals surface area contributed by atoms with Crippen LogP contribution in [0.2, 0.25) is 5.15 Å². The summed E-state index contributed by atoms with van der Waals surface area (Å²) in [5, 5.41) is 0.271. The lowest BCUT2D eigenvalue weighted by atomic mass is 10.3. The van der Waals surface area contributed by atoms with Crippen LogP contribution < -0.4 is 4.72 Å². The first-order chi connectivity index (χ1) is 8.38. The van der Waals surface area contributed by atoms with Crippen LogP contribution in [0.5, 0.6) is 0 Å². The van der Waals surface area contributed by atoms with Crippen molar-refractivity contribution in [2.45, 2.75) is 11.9 Å². The largest absolute Gasteiger partial charge is 0.339 e. The number of aryl methyl sites for hydroxylation is 2. The Morgan fingerprint density at radius 3 is 2.67 bits per heavy atom. The van der Waals surface area contributed by atoms with Crippen LogP contribution in [0.1, 0.15) is 5.56 Å². The minimum atomic E-state index is -3.69. The quantitative estimate of drug-likeness (QED) is 0.869. The Bertz CT molecular complexity index is 681. The molecular weight excluding hydrogens is 276 g/mol. The van der Waals surface area contributed by atoms with Crippen molar-refractivity contribution in [3.8, 4) is 0 Å². The van der Waals surface area contributed by atoms with Gasteiger partial charge >= 0.3 is 0 Å². The highest BCUT2D eigenvalue weighted by Crippen LogP contribution is 2.20. The molecule has 0 atom stereocenters. The number of hydrogen-bond acceptors (Lipinski definition) is 4. The zero-order chi connectivity index (χ0) is 13.3. The number of anilines is 1. The summed E-state index contributed by atoms with van der Waals surface area (Å²) >= 11 is 5.70. The van der Waals surface area contributed by atoms with Crippen LogP contribution in [-0.2, 0) is 17.1 Å². The van der Waals surface area contributed by atoms with Crippen molar-refractivity contribution in [1.29, 1.82) is 0 Å². The summed E-state index contributed by atoms with van der Waals surface area (Å²) in [5.41, 5.74) is 1.07. The molecule has 0 bridgehead atoms. The molecule has 0 amide bonds. The highest BCUT2D eigenvalue weighted by molar-refractivity contribution is 7.92. The SMILES string of the molecule is Cc1cc(Cl)ncc1NS(=O)(=O)c1cn(C)cn1. The molecule has 0 radical (unpaired) electrons. The molecule has 2 heterocycles. The Kier molecular flexibility index (Phi) is 3.27. The van der Waals surface area contributed by atoms with Crippen LogP contribution in [0.4, 0.5) is 5.69 Å². The average molecular weight is 287 g/mol. The van der Waals surface area contributed by atoms with Gasteiger partial charge in [0.05, 0.1) is 18.2 Å². The van der Waals surface area contributed by atoms with Crippen LogP contribution >= 0.6 is 11.6 Å². The van der Waals surface area contributed by atoms with Gasteiger partial charge in [0.2, 0.25) is 0 Å².